The molecule has 0 amide bonds. The third-order valence-corrected chi connectivity index (χ3v) is 2.80. The molecule has 0 atom stereocenters. The molecule has 0 aliphatic heterocycles. The zero-order valence-electron chi connectivity index (χ0n) is 8.15. The highest BCUT2D eigenvalue weighted by Crippen LogP contribution is 2.30. The van der Waals surface area contributed by atoms with Gasteiger partial charge in [-0.2, -0.15) is 4.80 Å². The molecule has 0 radical (unpaired) electrons. The molecular weight excluding hydrogens is 202 g/mol. The van der Waals surface area contributed by atoms with Crippen molar-refractivity contribution < 1.29 is 0 Å². The van der Waals surface area contributed by atoms with Gasteiger partial charge in [0.25, 0.3) is 0 Å². The van der Waals surface area contributed by atoms with Crippen LogP contribution >= 0.6 is 11.6 Å². The Bertz CT molecular complexity index is 294. The first-order chi connectivity index (χ1) is 6.74. The van der Waals surface area contributed by atoms with Crippen molar-refractivity contribution in [3.8, 4) is 0 Å². The van der Waals surface area contributed by atoms with E-state index in [4.69, 9.17) is 11.6 Å². The molecule has 1 N–H and O–H groups in total. The predicted molar refractivity (Wildman–Crippen MR) is 52.9 cm³/mol. The third kappa shape index (κ3) is 2.42. The Hall–Kier alpha value is -0.680. The molecule has 1 saturated carbocycles. The summed E-state index contributed by atoms with van der Waals surface area (Å²) in [5, 5.41) is 15.4. The van der Waals surface area contributed by atoms with Gasteiger partial charge in [0.2, 0.25) is 0 Å². The lowest BCUT2D eigenvalue weighted by molar-refractivity contribution is 0.307. The van der Waals surface area contributed by atoms with Crippen molar-refractivity contribution in [1.29, 1.82) is 0 Å². The Labute approximate surface area is 87.8 Å². The lowest BCUT2D eigenvalue weighted by atomic mass is 9.85. The number of nitrogens with zero attached hydrogens (tertiary/aromatic N) is 4. The summed E-state index contributed by atoms with van der Waals surface area (Å²) in [6.07, 6.45) is 2.25. The van der Waals surface area contributed by atoms with Crippen LogP contribution in [0.15, 0.2) is 0 Å². The topological polar surface area (TPSA) is 55.6 Å². The predicted octanol–water partition coefficient (Wildman–Crippen LogP) is 0.317. The number of hydrogen-bond donors (Lipinski definition) is 1. The van der Waals surface area contributed by atoms with E-state index in [1.165, 1.54) is 4.80 Å². The SMILES string of the molecule is Cn1nnc(CNCC2CC(Cl)C2)n1. The van der Waals surface area contributed by atoms with E-state index >= 15 is 0 Å². The van der Waals surface area contributed by atoms with Gasteiger partial charge in [0.15, 0.2) is 5.82 Å². The van der Waals surface area contributed by atoms with E-state index in [0.717, 1.165) is 31.1 Å². The molecule has 0 unspecified atom stereocenters. The van der Waals surface area contributed by atoms with Gasteiger partial charge in [-0.25, -0.2) is 0 Å². The molecule has 1 aliphatic rings. The molecule has 14 heavy (non-hydrogen) atoms. The van der Waals surface area contributed by atoms with E-state index in [2.05, 4.69) is 20.7 Å². The van der Waals surface area contributed by atoms with Crippen molar-refractivity contribution in [3.05, 3.63) is 5.82 Å². The van der Waals surface area contributed by atoms with Crippen LogP contribution in [0.25, 0.3) is 0 Å². The maximum atomic E-state index is 5.88. The van der Waals surface area contributed by atoms with E-state index in [1.54, 1.807) is 7.05 Å². The second-order valence-electron chi connectivity index (χ2n) is 3.76. The Morgan fingerprint density at radius 1 is 1.57 bits per heavy atom. The van der Waals surface area contributed by atoms with E-state index in [-0.39, 0.29) is 0 Å². The summed E-state index contributed by atoms with van der Waals surface area (Å²) in [7, 11) is 1.76. The third-order valence-electron chi connectivity index (χ3n) is 2.44. The van der Waals surface area contributed by atoms with Crippen LogP contribution in [0.1, 0.15) is 18.7 Å². The fourth-order valence-corrected chi connectivity index (χ4v) is 2.11. The molecule has 1 aromatic rings. The highest BCUT2D eigenvalue weighted by atomic mass is 35.5. The summed E-state index contributed by atoms with van der Waals surface area (Å²) < 4.78 is 0. The number of hydrogen-bond acceptors (Lipinski definition) is 4. The molecule has 0 spiro atoms. The second-order valence-corrected chi connectivity index (χ2v) is 4.38. The number of tetrazole rings is 1. The second kappa shape index (κ2) is 4.23. The minimum absolute atomic E-state index is 0.399. The monoisotopic (exact) mass is 215 g/mol. The molecule has 6 heteroatoms. The van der Waals surface area contributed by atoms with Gasteiger partial charge in [0.05, 0.1) is 13.6 Å². The number of alkyl halides is 1. The molecule has 78 valence electrons. The van der Waals surface area contributed by atoms with Gasteiger partial charge >= 0.3 is 0 Å². The van der Waals surface area contributed by atoms with Crippen molar-refractivity contribution in [3.63, 3.8) is 0 Å². The first-order valence-corrected chi connectivity index (χ1v) is 5.25. The molecule has 1 heterocycles. The van der Waals surface area contributed by atoms with Gasteiger partial charge in [-0.15, -0.1) is 21.8 Å². The Morgan fingerprint density at radius 2 is 2.36 bits per heavy atom. The highest BCUT2D eigenvalue weighted by molar-refractivity contribution is 6.21. The van der Waals surface area contributed by atoms with Crippen LogP contribution in [-0.2, 0) is 13.6 Å². The van der Waals surface area contributed by atoms with E-state index in [0.29, 0.717) is 11.9 Å². The van der Waals surface area contributed by atoms with Crippen LogP contribution in [0, 0.1) is 5.92 Å². The lowest BCUT2D eigenvalue weighted by Crippen LogP contribution is -2.33. The number of aryl methyl sites for hydroxylation is 1. The van der Waals surface area contributed by atoms with Crippen molar-refractivity contribution >= 4 is 11.6 Å². The first kappa shape index (κ1) is 9.86. The van der Waals surface area contributed by atoms with Crippen LogP contribution in [0.4, 0.5) is 0 Å². The zero-order valence-corrected chi connectivity index (χ0v) is 8.91. The molecule has 1 fully saturated rings. The highest BCUT2D eigenvalue weighted by Gasteiger charge is 2.26. The largest absolute Gasteiger partial charge is 0.309 e. The van der Waals surface area contributed by atoms with Crippen LogP contribution in [-0.4, -0.2) is 32.1 Å². The molecule has 0 saturated heterocycles. The number of nitrogens with one attached hydrogen (secondary N) is 1. The van der Waals surface area contributed by atoms with E-state index in [9.17, 15) is 0 Å². The summed E-state index contributed by atoms with van der Waals surface area (Å²) in [4.78, 5) is 1.47. The smallest absolute Gasteiger partial charge is 0.188 e. The van der Waals surface area contributed by atoms with Crippen molar-refractivity contribution in [2.45, 2.75) is 24.8 Å². The summed E-state index contributed by atoms with van der Waals surface area (Å²) in [6, 6.07) is 0. The maximum absolute atomic E-state index is 5.88. The van der Waals surface area contributed by atoms with Crippen molar-refractivity contribution in [1.82, 2.24) is 25.5 Å². The fraction of sp³-hybridized carbons (Fsp3) is 0.875. The molecule has 5 nitrogen and oxygen atoms in total. The zero-order chi connectivity index (χ0) is 9.97. The number of aromatic nitrogens is 4. The normalized spacial score (nSPS) is 26.1. The molecule has 0 bridgehead atoms. The van der Waals surface area contributed by atoms with E-state index < -0.39 is 0 Å². The van der Waals surface area contributed by atoms with Gasteiger partial charge in [-0.1, -0.05) is 0 Å². The summed E-state index contributed by atoms with van der Waals surface area (Å²) in [5.41, 5.74) is 0. The Balaban J connectivity index is 1.63. The van der Waals surface area contributed by atoms with Gasteiger partial charge in [0, 0.05) is 5.38 Å². The van der Waals surface area contributed by atoms with Crippen LogP contribution in [0.3, 0.4) is 0 Å². The minimum atomic E-state index is 0.399. The van der Waals surface area contributed by atoms with Crippen molar-refractivity contribution in [2.75, 3.05) is 6.54 Å². The summed E-state index contributed by atoms with van der Waals surface area (Å²) in [6.45, 7) is 1.69. The van der Waals surface area contributed by atoms with Gasteiger partial charge in [-0.3, -0.25) is 0 Å². The fourth-order valence-electron chi connectivity index (χ4n) is 1.60. The molecular formula is C8H14ClN5. The van der Waals surface area contributed by atoms with Crippen LogP contribution < -0.4 is 5.32 Å². The Morgan fingerprint density at radius 3 is 2.93 bits per heavy atom. The molecule has 0 aromatic carbocycles. The standard InChI is InChI=1S/C8H14ClN5/c1-14-12-8(11-13-14)5-10-4-6-2-7(9)3-6/h6-7,10H,2-5H2,1H3. The van der Waals surface area contributed by atoms with Crippen LogP contribution in [0.5, 0.6) is 0 Å². The van der Waals surface area contributed by atoms with Crippen LogP contribution in [0.2, 0.25) is 0 Å². The summed E-state index contributed by atoms with van der Waals surface area (Å²) in [5.74, 6) is 1.48. The maximum Gasteiger partial charge on any atom is 0.188 e. The van der Waals surface area contributed by atoms with Gasteiger partial charge < -0.3 is 5.32 Å². The quantitative estimate of drug-likeness (QED) is 0.735. The van der Waals surface area contributed by atoms with E-state index in [1.807, 2.05) is 0 Å². The number of rotatable bonds is 4. The van der Waals surface area contributed by atoms with Crippen molar-refractivity contribution in [2.24, 2.45) is 13.0 Å². The Kier molecular flexibility index (Phi) is 2.98. The lowest BCUT2D eigenvalue weighted by Gasteiger charge is -2.30. The minimum Gasteiger partial charge on any atom is -0.309 e. The summed E-state index contributed by atoms with van der Waals surface area (Å²) >= 11 is 5.88. The average Bonchev–Trinajstić information content (AvgIpc) is 2.48. The van der Waals surface area contributed by atoms with Gasteiger partial charge in [0.1, 0.15) is 0 Å². The number of halogens is 1. The molecule has 2 rings (SSSR count). The molecule has 1 aromatic heterocycles. The average molecular weight is 216 g/mol. The first-order valence-electron chi connectivity index (χ1n) is 4.81. The van der Waals surface area contributed by atoms with Gasteiger partial charge in [-0.05, 0) is 30.5 Å². The molecule has 1 aliphatic carbocycles.